The highest BCUT2D eigenvalue weighted by Gasteiger charge is 2.43. The molecule has 2 rings (SSSR count). The molecule has 0 aromatic carbocycles. The molecule has 2 fully saturated rings. The Balaban J connectivity index is 2.26. The summed E-state index contributed by atoms with van der Waals surface area (Å²) in [5.41, 5.74) is 0.596. The van der Waals surface area contributed by atoms with Gasteiger partial charge in [-0.15, -0.1) is 0 Å². The second-order valence-electron chi connectivity index (χ2n) is 5.35. The summed E-state index contributed by atoms with van der Waals surface area (Å²) in [6.07, 6.45) is 0. The second-order valence-corrected chi connectivity index (χ2v) is 5.35. The van der Waals surface area contributed by atoms with Gasteiger partial charge in [-0.1, -0.05) is 6.58 Å². The Morgan fingerprint density at radius 3 is 2.67 bits per heavy atom. The number of urea groups is 1. The van der Waals surface area contributed by atoms with Crippen molar-refractivity contribution in [3.05, 3.63) is 12.3 Å². The van der Waals surface area contributed by atoms with E-state index in [0.29, 0.717) is 19.1 Å². The molecule has 18 heavy (non-hydrogen) atoms. The fourth-order valence-corrected chi connectivity index (χ4v) is 2.49. The third kappa shape index (κ3) is 2.33. The maximum atomic E-state index is 11.5. The minimum absolute atomic E-state index is 0.116. The molecule has 0 aliphatic carbocycles. The van der Waals surface area contributed by atoms with Gasteiger partial charge in [-0.25, -0.2) is 4.79 Å². The molecule has 0 bridgehead atoms. The summed E-state index contributed by atoms with van der Waals surface area (Å²) in [7, 11) is 0. The quantitative estimate of drug-likeness (QED) is 0.689. The highest BCUT2D eigenvalue weighted by molar-refractivity contribution is 5.77. The van der Waals surface area contributed by atoms with Gasteiger partial charge in [0.05, 0.1) is 12.1 Å². The molecule has 0 aromatic heterocycles. The van der Waals surface area contributed by atoms with Gasteiger partial charge in [0.15, 0.2) is 0 Å². The van der Waals surface area contributed by atoms with E-state index in [4.69, 9.17) is 0 Å². The lowest BCUT2D eigenvalue weighted by Crippen LogP contribution is -2.56. The van der Waals surface area contributed by atoms with Crippen LogP contribution in [0.1, 0.15) is 13.8 Å². The topological polar surface area (TPSA) is 60.0 Å². The SMILES string of the molecule is C=NN1CC2(CNC(=O)N2)CN(C(C)C)CC1=C. The van der Waals surface area contributed by atoms with Gasteiger partial charge < -0.3 is 10.6 Å². The summed E-state index contributed by atoms with van der Waals surface area (Å²) in [6.45, 7) is 14.7. The van der Waals surface area contributed by atoms with Crippen molar-refractivity contribution in [1.82, 2.24) is 20.5 Å². The van der Waals surface area contributed by atoms with Crippen molar-refractivity contribution in [3.63, 3.8) is 0 Å². The van der Waals surface area contributed by atoms with Crippen LogP contribution in [0.3, 0.4) is 0 Å². The minimum atomic E-state index is -0.317. The van der Waals surface area contributed by atoms with E-state index in [-0.39, 0.29) is 11.6 Å². The van der Waals surface area contributed by atoms with Crippen LogP contribution in [0.5, 0.6) is 0 Å². The Kier molecular flexibility index (Phi) is 3.30. The lowest BCUT2D eigenvalue weighted by molar-refractivity contribution is 0.185. The zero-order valence-corrected chi connectivity index (χ0v) is 11.1. The van der Waals surface area contributed by atoms with Crippen LogP contribution in [0, 0.1) is 0 Å². The molecular formula is C12H21N5O. The minimum Gasteiger partial charge on any atom is -0.336 e. The first-order valence-corrected chi connectivity index (χ1v) is 6.18. The first kappa shape index (κ1) is 12.9. The summed E-state index contributed by atoms with van der Waals surface area (Å²) in [5.74, 6) is 0. The standard InChI is InChI=1S/C12H21N5O/c1-9(2)16-5-10(3)17(13-4)8-12(7-16)6-14-11(18)15-12/h9H,3-8H2,1-2H3,(H2,14,15,18). The largest absolute Gasteiger partial charge is 0.336 e. The van der Waals surface area contributed by atoms with Gasteiger partial charge in [-0.3, -0.25) is 9.91 Å². The van der Waals surface area contributed by atoms with Crippen molar-refractivity contribution >= 4 is 12.7 Å². The molecule has 2 amide bonds. The normalized spacial score (nSPS) is 29.4. The van der Waals surface area contributed by atoms with Crippen molar-refractivity contribution in [3.8, 4) is 0 Å². The van der Waals surface area contributed by atoms with E-state index in [2.05, 4.69) is 47.8 Å². The summed E-state index contributed by atoms with van der Waals surface area (Å²) >= 11 is 0. The molecule has 0 saturated carbocycles. The molecule has 0 radical (unpaired) electrons. The van der Waals surface area contributed by atoms with E-state index in [9.17, 15) is 4.79 Å². The number of carbonyl (C=O) groups excluding carboxylic acids is 1. The van der Waals surface area contributed by atoms with Gasteiger partial charge in [-0.2, -0.15) is 5.10 Å². The Bertz CT molecular complexity index is 381. The molecule has 1 spiro atoms. The summed E-state index contributed by atoms with van der Waals surface area (Å²) in [6, 6.07) is 0.274. The number of hydrogen-bond acceptors (Lipinski definition) is 4. The fourth-order valence-electron chi connectivity index (χ4n) is 2.49. The van der Waals surface area contributed by atoms with Crippen molar-refractivity contribution in [2.45, 2.75) is 25.4 Å². The van der Waals surface area contributed by atoms with E-state index in [1.807, 2.05) is 0 Å². The molecule has 0 aromatic rings. The highest BCUT2D eigenvalue weighted by atomic mass is 16.2. The molecule has 2 aliphatic heterocycles. The molecule has 2 aliphatic rings. The van der Waals surface area contributed by atoms with Crippen LogP contribution in [0.4, 0.5) is 4.79 Å². The Morgan fingerprint density at radius 1 is 1.44 bits per heavy atom. The predicted molar refractivity (Wildman–Crippen MR) is 71.4 cm³/mol. The molecule has 6 nitrogen and oxygen atoms in total. The summed E-state index contributed by atoms with van der Waals surface area (Å²) in [4.78, 5) is 13.7. The van der Waals surface area contributed by atoms with Crippen LogP contribution in [-0.2, 0) is 0 Å². The van der Waals surface area contributed by atoms with Gasteiger partial charge in [0.2, 0.25) is 0 Å². The first-order chi connectivity index (χ1) is 8.46. The Labute approximate surface area is 108 Å². The lowest BCUT2D eigenvalue weighted by atomic mass is 10.00. The summed E-state index contributed by atoms with van der Waals surface area (Å²) < 4.78 is 0. The predicted octanol–water partition coefficient (Wildman–Crippen LogP) is 0.193. The first-order valence-electron chi connectivity index (χ1n) is 6.18. The molecule has 2 N–H and O–H groups in total. The zero-order valence-electron chi connectivity index (χ0n) is 11.1. The van der Waals surface area contributed by atoms with E-state index < -0.39 is 0 Å². The number of carbonyl (C=O) groups is 1. The molecule has 1 atom stereocenters. The number of hydrazone groups is 1. The van der Waals surface area contributed by atoms with Crippen LogP contribution in [0.25, 0.3) is 0 Å². The monoisotopic (exact) mass is 251 g/mol. The van der Waals surface area contributed by atoms with Crippen LogP contribution in [0.15, 0.2) is 17.4 Å². The van der Waals surface area contributed by atoms with E-state index in [0.717, 1.165) is 18.8 Å². The number of amides is 2. The van der Waals surface area contributed by atoms with Gasteiger partial charge in [0, 0.05) is 38.1 Å². The van der Waals surface area contributed by atoms with E-state index >= 15 is 0 Å². The van der Waals surface area contributed by atoms with Gasteiger partial charge in [0.1, 0.15) is 0 Å². The van der Waals surface area contributed by atoms with Crippen molar-refractivity contribution in [2.24, 2.45) is 5.10 Å². The number of nitrogens with one attached hydrogen (secondary N) is 2. The van der Waals surface area contributed by atoms with Gasteiger partial charge in [-0.05, 0) is 13.8 Å². The van der Waals surface area contributed by atoms with Crippen molar-refractivity contribution < 1.29 is 4.79 Å². The average molecular weight is 251 g/mol. The van der Waals surface area contributed by atoms with E-state index in [1.165, 1.54) is 0 Å². The third-order valence-electron chi connectivity index (χ3n) is 3.58. The number of hydrogen-bond donors (Lipinski definition) is 2. The maximum absolute atomic E-state index is 11.5. The average Bonchev–Trinajstić information content (AvgIpc) is 2.59. The smallest absolute Gasteiger partial charge is 0.315 e. The molecular weight excluding hydrogens is 230 g/mol. The second kappa shape index (κ2) is 4.61. The maximum Gasteiger partial charge on any atom is 0.315 e. The van der Waals surface area contributed by atoms with Crippen LogP contribution in [0.2, 0.25) is 0 Å². The van der Waals surface area contributed by atoms with Crippen molar-refractivity contribution in [1.29, 1.82) is 0 Å². The Hall–Kier alpha value is -1.56. The van der Waals surface area contributed by atoms with Crippen LogP contribution in [-0.4, -0.2) is 60.4 Å². The molecule has 2 saturated heterocycles. The number of rotatable bonds is 2. The summed E-state index contributed by atoms with van der Waals surface area (Å²) in [5, 5.41) is 11.6. The van der Waals surface area contributed by atoms with Crippen molar-refractivity contribution in [2.75, 3.05) is 26.2 Å². The lowest BCUT2D eigenvalue weighted by Gasteiger charge is -2.33. The number of nitrogens with zero attached hydrogens (tertiary/aromatic N) is 3. The molecule has 6 heteroatoms. The van der Waals surface area contributed by atoms with Gasteiger partial charge >= 0.3 is 6.03 Å². The zero-order chi connectivity index (χ0) is 13.3. The highest BCUT2D eigenvalue weighted by Crippen LogP contribution is 2.22. The molecule has 100 valence electrons. The van der Waals surface area contributed by atoms with Crippen LogP contribution < -0.4 is 10.6 Å². The molecule has 2 heterocycles. The Morgan fingerprint density at radius 2 is 2.17 bits per heavy atom. The third-order valence-corrected chi connectivity index (χ3v) is 3.58. The van der Waals surface area contributed by atoms with E-state index in [1.54, 1.807) is 5.01 Å². The van der Waals surface area contributed by atoms with Crippen LogP contribution >= 0.6 is 0 Å². The fraction of sp³-hybridized carbons (Fsp3) is 0.667. The van der Waals surface area contributed by atoms with Gasteiger partial charge in [0.25, 0.3) is 0 Å². The molecule has 1 unspecified atom stereocenters.